The van der Waals surface area contributed by atoms with Crippen LogP contribution in [0.3, 0.4) is 0 Å². The van der Waals surface area contributed by atoms with Gasteiger partial charge in [-0.3, -0.25) is 20.4 Å². The fourth-order valence-corrected chi connectivity index (χ4v) is 4.43. The van der Waals surface area contributed by atoms with Crippen LogP contribution in [-0.4, -0.2) is 54.3 Å². The number of benzene rings is 1. The van der Waals surface area contributed by atoms with Gasteiger partial charge < -0.3 is 9.80 Å². The van der Waals surface area contributed by atoms with Crippen LogP contribution in [0.5, 0.6) is 0 Å². The Morgan fingerprint density at radius 3 is 2.68 bits per heavy atom. The fourth-order valence-electron chi connectivity index (χ4n) is 4.43. The zero-order valence-corrected chi connectivity index (χ0v) is 18.7. The summed E-state index contributed by atoms with van der Waals surface area (Å²) in [6, 6.07) is 7.32. The van der Waals surface area contributed by atoms with Crippen LogP contribution in [0.15, 0.2) is 24.3 Å². The molecule has 0 radical (unpaired) electrons. The van der Waals surface area contributed by atoms with Crippen molar-refractivity contribution in [3.8, 4) is 0 Å². The summed E-state index contributed by atoms with van der Waals surface area (Å²) in [4.78, 5) is 28.2. The van der Waals surface area contributed by atoms with Gasteiger partial charge in [-0.25, -0.2) is 4.39 Å². The largest absolute Gasteiger partial charge is 0.344 e. The monoisotopic (exact) mass is 432 g/mol. The van der Waals surface area contributed by atoms with E-state index in [4.69, 9.17) is 0 Å². The normalized spacial score (nSPS) is 22.3. The second-order valence-corrected chi connectivity index (χ2v) is 8.97. The highest BCUT2D eigenvalue weighted by Crippen LogP contribution is 2.24. The second kappa shape index (κ2) is 12.2. The van der Waals surface area contributed by atoms with Crippen LogP contribution in [0, 0.1) is 5.82 Å². The number of nitrogens with zero attached hydrogens (tertiary/aromatic N) is 2. The summed E-state index contributed by atoms with van der Waals surface area (Å²) < 4.78 is 13.1. The third-order valence-corrected chi connectivity index (χ3v) is 6.47. The van der Waals surface area contributed by atoms with Gasteiger partial charge in [0, 0.05) is 38.6 Å². The van der Waals surface area contributed by atoms with Gasteiger partial charge in [-0.15, -0.1) is 0 Å². The Morgan fingerprint density at radius 1 is 1.10 bits per heavy atom. The van der Waals surface area contributed by atoms with Crippen molar-refractivity contribution in [1.29, 1.82) is 0 Å². The molecule has 7 heteroatoms. The summed E-state index contributed by atoms with van der Waals surface area (Å²) in [5.74, 6) is -0.0426. The van der Waals surface area contributed by atoms with Crippen molar-refractivity contribution in [1.82, 2.24) is 20.7 Å². The van der Waals surface area contributed by atoms with Gasteiger partial charge in [0.25, 0.3) is 0 Å². The Kier molecular flexibility index (Phi) is 9.28. The number of hydrazine groups is 1. The molecule has 2 aliphatic heterocycles. The number of likely N-dealkylation sites (N-methyl/N-ethyl adjacent to an activating group) is 1. The van der Waals surface area contributed by atoms with Crippen molar-refractivity contribution in [3.63, 3.8) is 0 Å². The molecule has 2 fully saturated rings. The first-order chi connectivity index (χ1) is 15.0. The number of hydrogen-bond acceptors (Lipinski definition) is 4. The summed E-state index contributed by atoms with van der Waals surface area (Å²) in [5.41, 5.74) is 7.77. The number of nitrogens with one attached hydrogen (secondary N) is 2. The maximum Gasteiger partial charge on any atom is 0.241 e. The summed E-state index contributed by atoms with van der Waals surface area (Å²) in [5, 5.41) is 0. The number of unbranched alkanes of at least 4 members (excludes halogenated alkanes) is 2. The van der Waals surface area contributed by atoms with Crippen molar-refractivity contribution >= 4 is 11.8 Å². The molecule has 2 amide bonds. The van der Waals surface area contributed by atoms with E-state index in [1.807, 2.05) is 19.2 Å². The van der Waals surface area contributed by atoms with Gasteiger partial charge in [-0.05, 0) is 49.8 Å². The first-order valence-electron chi connectivity index (χ1n) is 11.8. The highest BCUT2D eigenvalue weighted by molar-refractivity contribution is 5.84. The SMILES string of the molecule is CN(CCCCCC1CC(c2ccc(F)cc2)NN1)C(=O)CN1CCCCCCC1=O. The smallest absolute Gasteiger partial charge is 0.241 e. The summed E-state index contributed by atoms with van der Waals surface area (Å²) in [6.07, 6.45) is 9.97. The van der Waals surface area contributed by atoms with Gasteiger partial charge in [0.15, 0.2) is 0 Å². The molecule has 0 aromatic heterocycles. The van der Waals surface area contributed by atoms with E-state index in [1.54, 1.807) is 9.80 Å². The molecule has 2 saturated heterocycles. The molecule has 2 atom stereocenters. The quantitative estimate of drug-likeness (QED) is 0.586. The van der Waals surface area contributed by atoms with Gasteiger partial charge in [0.1, 0.15) is 5.82 Å². The predicted octanol–water partition coefficient (Wildman–Crippen LogP) is 3.54. The van der Waals surface area contributed by atoms with E-state index in [0.717, 1.165) is 69.9 Å². The van der Waals surface area contributed by atoms with Crippen molar-refractivity contribution < 1.29 is 14.0 Å². The lowest BCUT2D eigenvalue weighted by Gasteiger charge is -2.26. The van der Waals surface area contributed by atoms with Crippen LogP contribution in [0.1, 0.15) is 75.8 Å². The molecule has 2 unspecified atom stereocenters. The molecule has 0 spiro atoms. The molecule has 1 aromatic carbocycles. The number of carbonyl (C=O) groups excluding carboxylic acids is 2. The van der Waals surface area contributed by atoms with E-state index in [2.05, 4.69) is 10.9 Å². The van der Waals surface area contributed by atoms with Crippen LogP contribution in [0.25, 0.3) is 0 Å². The number of likely N-dealkylation sites (tertiary alicyclic amines) is 1. The van der Waals surface area contributed by atoms with Crippen LogP contribution in [0.4, 0.5) is 4.39 Å². The van der Waals surface area contributed by atoms with Crippen LogP contribution in [0.2, 0.25) is 0 Å². The summed E-state index contributed by atoms with van der Waals surface area (Å²) in [6.45, 7) is 1.66. The van der Waals surface area contributed by atoms with Crippen molar-refractivity contribution in [2.45, 2.75) is 76.3 Å². The Labute approximate surface area is 185 Å². The lowest BCUT2D eigenvalue weighted by atomic mass is 9.99. The zero-order chi connectivity index (χ0) is 22.1. The molecule has 6 nitrogen and oxygen atoms in total. The number of halogens is 1. The third kappa shape index (κ3) is 7.58. The molecule has 0 aliphatic carbocycles. The van der Waals surface area contributed by atoms with Crippen LogP contribution >= 0.6 is 0 Å². The standard InChI is InChI=1S/C24H37FN4O2/c1-28(24(31)18-29-16-8-3-2-6-10-23(29)30)15-7-4-5-9-21-17-22(27-26-21)19-11-13-20(25)14-12-19/h11-14,21-22,26-27H,2-10,15-18H2,1H3. The molecule has 0 saturated carbocycles. The Bertz CT molecular complexity index is 712. The number of rotatable bonds is 9. The maximum absolute atomic E-state index is 13.1. The van der Waals surface area contributed by atoms with E-state index in [0.29, 0.717) is 19.0 Å². The molecule has 3 rings (SSSR count). The first kappa shape index (κ1) is 23.7. The molecular weight excluding hydrogens is 395 g/mol. The highest BCUT2D eigenvalue weighted by atomic mass is 19.1. The topological polar surface area (TPSA) is 64.7 Å². The molecule has 2 heterocycles. The average Bonchev–Trinajstić information content (AvgIpc) is 3.22. The lowest BCUT2D eigenvalue weighted by molar-refractivity contribution is -0.140. The number of amides is 2. The van der Waals surface area contributed by atoms with Gasteiger partial charge in [-0.1, -0.05) is 37.8 Å². The molecule has 172 valence electrons. The zero-order valence-electron chi connectivity index (χ0n) is 18.7. The van der Waals surface area contributed by atoms with Gasteiger partial charge in [-0.2, -0.15) is 0 Å². The van der Waals surface area contributed by atoms with Gasteiger partial charge in [0.05, 0.1) is 6.54 Å². The van der Waals surface area contributed by atoms with Gasteiger partial charge in [0.2, 0.25) is 11.8 Å². The molecular formula is C24H37FN4O2. The van der Waals surface area contributed by atoms with E-state index >= 15 is 0 Å². The van der Waals surface area contributed by atoms with E-state index in [-0.39, 0.29) is 30.2 Å². The Hall–Kier alpha value is -1.99. The van der Waals surface area contributed by atoms with Gasteiger partial charge >= 0.3 is 0 Å². The minimum absolute atomic E-state index is 0.0396. The van der Waals surface area contributed by atoms with Crippen LogP contribution in [-0.2, 0) is 9.59 Å². The summed E-state index contributed by atoms with van der Waals surface area (Å²) >= 11 is 0. The minimum Gasteiger partial charge on any atom is -0.344 e. The Morgan fingerprint density at radius 2 is 1.87 bits per heavy atom. The molecule has 2 N–H and O–H groups in total. The van der Waals surface area contributed by atoms with Crippen molar-refractivity contribution in [2.75, 3.05) is 26.7 Å². The van der Waals surface area contributed by atoms with Crippen molar-refractivity contribution in [2.24, 2.45) is 0 Å². The maximum atomic E-state index is 13.1. The highest BCUT2D eigenvalue weighted by Gasteiger charge is 2.24. The van der Waals surface area contributed by atoms with Crippen LogP contribution < -0.4 is 10.9 Å². The van der Waals surface area contributed by atoms with E-state index < -0.39 is 0 Å². The Balaban J connectivity index is 1.28. The van der Waals surface area contributed by atoms with E-state index in [9.17, 15) is 14.0 Å². The molecule has 1 aromatic rings. The molecule has 2 aliphatic rings. The summed E-state index contributed by atoms with van der Waals surface area (Å²) in [7, 11) is 1.84. The minimum atomic E-state index is -0.205. The third-order valence-electron chi connectivity index (χ3n) is 6.47. The lowest BCUT2D eigenvalue weighted by Crippen LogP contribution is -2.42. The molecule has 0 bridgehead atoms. The second-order valence-electron chi connectivity index (χ2n) is 8.97. The van der Waals surface area contributed by atoms with E-state index in [1.165, 1.54) is 12.1 Å². The number of carbonyl (C=O) groups is 2. The first-order valence-corrected chi connectivity index (χ1v) is 11.8. The van der Waals surface area contributed by atoms with Crippen molar-refractivity contribution in [3.05, 3.63) is 35.6 Å². The fraction of sp³-hybridized carbons (Fsp3) is 0.667. The predicted molar refractivity (Wildman–Crippen MR) is 120 cm³/mol. The average molecular weight is 433 g/mol. The molecule has 31 heavy (non-hydrogen) atoms. The number of hydrogen-bond donors (Lipinski definition) is 2.